The molecule has 1 aliphatic heterocycles. The molecule has 1 heterocycles. The topological polar surface area (TPSA) is 80.8 Å². The Hall–Kier alpha value is -1.54. The fourth-order valence-electron chi connectivity index (χ4n) is 4.76. The Morgan fingerprint density at radius 2 is 1.57 bits per heavy atom. The Labute approximate surface area is 179 Å². The number of likely N-dealkylation sites (tertiary alicyclic amines) is 1. The number of ether oxygens (including phenoxy) is 1. The van der Waals surface area contributed by atoms with Gasteiger partial charge in [-0.25, -0.2) is 0 Å². The van der Waals surface area contributed by atoms with E-state index < -0.39 is 5.97 Å². The van der Waals surface area contributed by atoms with Crippen LogP contribution in [0.2, 0.25) is 0 Å². The number of carbonyl (C=O) groups is 4. The lowest BCUT2D eigenvalue weighted by Crippen LogP contribution is -2.37. The van der Waals surface area contributed by atoms with Crippen LogP contribution in [0.5, 0.6) is 0 Å². The number of hydrogen-bond donors (Lipinski definition) is 0. The summed E-state index contributed by atoms with van der Waals surface area (Å²) >= 11 is 7.29. The zero-order valence-electron chi connectivity index (χ0n) is 14.9. The van der Waals surface area contributed by atoms with Gasteiger partial charge in [0.15, 0.2) is 12.4 Å². The van der Waals surface area contributed by atoms with Crippen LogP contribution >= 0.6 is 31.9 Å². The van der Waals surface area contributed by atoms with Gasteiger partial charge in [-0.1, -0.05) is 62.2 Å². The number of esters is 1. The number of ketones is 1. The molecule has 28 heavy (non-hydrogen) atoms. The van der Waals surface area contributed by atoms with Crippen molar-refractivity contribution in [3.05, 3.63) is 35.9 Å². The third-order valence-corrected chi connectivity index (χ3v) is 9.28. The highest BCUT2D eigenvalue weighted by Crippen LogP contribution is 2.60. The normalized spacial score (nSPS) is 33.3. The van der Waals surface area contributed by atoms with Gasteiger partial charge in [0.05, 0.1) is 18.3 Å². The van der Waals surface area contributed by atoms with Gasteiger partial charge in [0.25, 0.3) is 0 Å². The number of halogens is 2. The maximum Gasteiger partial charge on any atom is 0.308 e. The van der Waals surface area contributed by atoms with Crippen LogP contribution in [0.25, 0.3) is 0 Å². The number of benzene rings is 1. The average Bonchev–Trinajstić information content (AvgIpc) is 3.30. The predicted octanol–water partition coefficient (Wildman–Crippen LogP) is 2.58. The first kappa shape index (κ1) is 19.8. The molecule has 0 aromatic heterocycles. The Bertz CT molecular complexity index is 797. The molecule has 1 aromatic rings. The van der Waals surface area contributed by atoms with Gasteiger partial charge in [0.2, 0.25) is 11.8 Å². The minimum absolute atomic E-state index is 0.00235. The second-order valence-electron chi connectivity index (χ2n) is 7.53. The summed E-state index contributed by atoms with van der Waals surface area (Å²) in [6.07, 6.45) is 0.764. The molecule has 3 fully saturated rings. The van der Waals surface area contributed by atoms with Crippen LogP contribution in [0.1, 0.15) is 23.2 Å². The van der Waals surface area contributed by atoms with Gasteiger partial charge in [-0.2, -0.15) is 0 Å². The number of imide groups is 1. The van der Waals surface area contributed by atoms with Gasteiger partial charge >= 0.3 is 5.97 Å². The number of rotatable bonds is 6. The van der Waals surface area contributed by atoms with Crippen LogP contribution in [-0.4, -0.2) is 51.3 Å². The number of alkyl halides is 2. The largest absolute Gasteiger partial charge is 0.457 e. The van der Waals surface area contributed by atoms with Crippen molar-refractivity contribution in [2.24, 2.45) is 23.7 Å². The molecular formula is C20H19Br2NO5. The lowest BCUT2D eigenvalue weighted by atomic mass is 9.81. The molecule has 1 saturated heterocycles. The monoisotopic (exact) mass is 511 g/mol. The number of hydrogen-bond acceptors (Lipinski definition) is 5. The molecule has 2 aliphatic carbocycles. The number of amides is 2. The van der Waals surface area contributed by atoms with Crippen molar-refractivity contribution in [2.45, 2.75) is 22.5 Å². The first-order valence-corrected chi connectivity index (χ1v) is 11.1. The summed E-state index contributed by atoms with van der Waals surface area (Å²) in [5.41, 5.74) is 0.470. The second-order valence-corrected chi connectivity index (χ2v) is 9.65. The molecule has 4 rings (SSSR count). The first-order valence-electron chi connectivity index (χ1n) is 9.27. The van der Waals surface area contributed by atoms with Crippen LogP contribution in [0, 0.1) is 23.7 Å². The summed E-state index contributed by atoms with van der Waals surface area (Å²) in [6.45, 7) is -0.348. The van der Waals surface area contributed by atoms with Crippen LogP contribution in [-0.2, 0) is 19.1 Å². The van der Waals surface area contributed by atoms with E-state index in [9.17, 15) is 19.2 Å². The molecule has 0 unspecified atom stereocenters. The van der Waals surface area contributed by atoms with E-state index in [0.717, 1.165) is 6.42 Å². The van der Waals surface area contributed by atoms with E-state index in [0.29, 0.717) is 5.56 Å². The van der Waals surface area contributed by atoms with Gasteiger partial charge < -0.3 is 4.74 Å². The van der Waals surface area contributed by atoms with Crippen molar-refractivity contribution in [2.75, 3.05) is 13.2 Å². The summed E-state index contributed by atoms with van der Waals surface area (Å²) in [4.78, 5) is 51.1. The summed E-state index contributed by atoms with van der Waals surface area (Å²) in [6, 6.07) is 8.57. The van der Waals surface area contributed by atoms with Crippen molar-refractivity contribution in [3.8, 4) is 0 Å². The molecule has 6 nitrogen and oxygen atoms in total. The zero-order valence-corrected chi connectivity index (χ0v) is 18.1. The Balaban J connectivity index is 1.31. The van der Waals surface area contributed by atoms with E-state index in [1.54, 1.807) is 30.3 Å². The highest BCUT2D eigenvalue weighted by atomic mass is 79.9. The third-order valence-electron chi connectivity index (χ3n) is 6.08. The van der Waals surface area contributed by atoms with E-state index in [-0.39, 0.29) is 70.5 Å². The van der Waals surface area contributed by atoms with Gasteiger partial charge in [-0.05, 0) is 18.3 Å². The Morgan fingerprint density at radius 1 is 1.00 bits per heavy atom. The van der Waals surface area contributed by atoms with E-state index in [2.05, 4.69) is 31.9 Å². The molecule has 2 saturated carbocycles. The molecule has 1 aromatic carbocycles. The van der Waals surface area contributed by atoms with Gasteiger partial charge in [0, 0.05) is 21.8 Å². The lowest BCUT2D eigenvalue weighted by molar-refractivity contribution is -0.145. The van der Waals surface area contributed by atoms with Crippen molar-refractivity contribution < 1.29 is 23.9 Å². The smallest absolute Gasteiger partial charge is 0.308 e. The summed E-state index contributed by atoms with van der Waals surface area (Å²) in [5, 5.41) is 0. The standard InChI is InChI=1S/C20H19Br2NO5/c21-17-11-8-12(18(17)22)16-15(11)19(26)23(20(16)27)7-6-14(25)28-9-13(24)10-4-2-1-3-5-10/h1-5,11-12,15-18H,6-9H2/t11-,12-,15-,16-,17-,18+/m0/s1. The maximum absolute atomic E-state index is 12.8. The Kier molecular flexibility index (Phi) is 5.44. The zero-order chi connectivity index (χ0) is 20.0. The molecule has 0 N–H and O–H groups in total. The van der Waals surface area contributed by atoms with E-state index in [1.165, 1.54) is 4.90 Å². The minimum Gasteiger partial charge on any atom is -0.457 e. The number of Topliss-reactive ketones (excluding diaryl/α,β-unsaturated/α-hetero) is 1. The van der Waals surface area contributed by atoms with Crippen molar-refractivity contribution in [1.29, 1.82) is 0 Å². The van der Waals surface area contributed by atoms with Crippen molar-refractivity contribution in [1.82, 2.24) is 4.90 Å². The number of fused-ring (bicyclic) bond motifs is 5. The summed E-state index contributed by atoms with van der Waals surface area (Å²) in [7, 11) is 0. The Morgan fingerprint density at radius 3 is 2.14 bits per heavy atom. The van der Waals surface area contributed by atoms with Gasteiger partial charge in [0.1, 0.15) is 0 Å². The summed E-state index contributed by atoms with van der Waals surface area (Å²) < 4.78 is 5.02. The molecule has 148 valence electrons. The van der Waals surface area contributed by atoms with Crippen molar-refractivity contribution >= 4 is 55.4 Å². The van der Waals surface area contributed by atoms with Crippen LogP contribution < -0.4 is 0 Å². The van der Waals surface area contributed by atoms with Gasteiger partial charge in [-0.15, -0.1) is 0 Å². The average molecular weight is 513 g/mol. The number of nitrogens with zero attached hydrogens (tertiary/aromatic N) is 1. The SMILES string of the molecule is O=C(CCN1C(=O)[C@H]2[C@@H]3C[C@H]([C@@H](Br)[C@H]3Br)[C@@H]2C1=O)OCC(=O)c1ccccc1. The van der Waals surface area contributed by atoms with Crippen LogP contribution in [0.4, 0.5) is 0 Å². The van der Waals surface area contributed by atoms with Crippen molar-refractivity contribution in [3.63, 3.8) is 0 Å². The maximum atomic E-state index is 12.8. The third kappa shape index (κ3) is 3.24. The van der Waals surface area contributed by atoms with E-state index in [4.69, 9.17) is 4.74 Å². The molecule has 0 spiro atoms. The molecule has 8 heteroatoms. The van der Waals surface area contributed by atoms with E-state index >= 15 is 0 Å². The van der Waals surface area contributed by atoms with Crippen LogP contribution in [0.15, 0.2) is 30.3 Å². The molecule has 0 radical (unpaired) electrons. The van der Waals surface area contributed by atoms with Gasteiger partial charge in [-0.3, -0.25) is 24.1 Å². The fraction of sp³-hybridized carbons (Fsp3) is 0.500. The second kappa shape index (κ2) is 7.71. The summed E-state index contributed by atoms with van der Waals surface area (Å²) in [5.74, 6) is -1.52. The molecular weight excluding hydrogens is 494 g/mol. The molecule has 6 atom stereocenters. The molecule has 3 aliphatic rings. The quantitative estimate of drug-likeness (QED) is 0.253. The van der Waals surface area contributed by atoms with Crippen LogP contribution in [0.3, 0.4) is 0 Å². The minimum atomic E-state index is -0.596. The fourth-order valence-corrected chi connectivity index (χ4v) is 6.63. The highest BCUT2D eigenvalue weighted by molar-refractivity contribution is 9.12. The van der Waals surface area contributed by atoms with E-state index in [1.807, 2.05) is 0 Å². The predicted molar refractivity (Wildman–Crippen MR) is 107 cm³/mol. The molecule has 2 amide bonds. The highest BCUT2D eigenvalue weighted by Gasteiger charge is 2.66. The first-order chi connectivity index (χ1) is 13.4. The lowest BCUT2D eigenvalue weighted by Gasteiger charge is -2.28. The molecule has 2 bridgehead atoms. The number of carbonyl (C=O) groups excluding carboxylic acids is 4.